The number of carbonyl (C=O) groups is 17. The van der Waals surface area contributed by atoms with Gasteiger partial charge in [0.2, 0.25) is 76.8 Å². The van der Waals surface area contributed by atoms with E-state index >= 15 is 4.79 Å². The Labute approximate surface area is 701 Å². The number of rotatable bonds is 49. The molecule has 0 aromatic carbocycles. The lowest BCUT2D eigenvalue weighted by Gasteiger charge is -2.49. The Bertz CT molecular complexity index is 3620. The highest BCUT2D eigenvalue weighted by Crippen LogP contribution is 2.37. The van der Waals surface area contributed by atoms with Crippen molar-refractivity contribution < 1.29 is 171 Å². The van der Waals surface area contributed by atoms with Crippen molar-refractivity contribution >= 4 is 101 Å². The number of aliphatic carboxylic acids is 3. The summed E-state index contributed by atoms with van der Waals surface area (Å²) in [4.78, 5) is 229. The Morgan fingerprint density at radius 1 is 0.557 bits per heavy atom. The quantitative estimate of drug-likeness (QED) is 0.0252. The number of carboxylic acids is 3. The maximum absolute atomic E-state index is 15.2. The summed E-state index contributed by atoms with van der Waals surface area (Å²) in [6.45, 7) is 13.1. The fourth-order valence-electron chi connectivity index (χ4n) is 12.8. The van der Waals surface area contributed by atoms with Crippen LogP contribution in [0, 0.1) is 23.7 Å². The molecular formula is C73H122N14O35. The molecule has 3 aliphatic rings. The van der Waals surface area contributed by atoms with Gasteiger partial charge in [0.25, 0.3) is 5.79 Å². The number of carboxylic acid groups (broad SMARTS) is 3. The molecule has 0 spiro atoms. The largest absolute Gasteiger partial charge is 0.481 e. The molecule has 0 aromatic rings. The maximum atomic E-state index is 15.2. The minimum atomic E-state index is -3.27. The lowest BCUT2D eigenvalue weighted by Crippen LogP contribution is -2.70. The summed E-state index contributed by atoms with van der Waals surface area (Å²) in [6, 6.07) is -20.4. The van der Waals surface area contributed by atoms with E-state index in [1.54, 1.807) is 27.7 Å². The monoisotopic (exact) mass is 1750 g/mol. The van der Waals surface area contributed by atoms with Crippen LogP contribution in [-0.4, -0.2) is 348 Å². The molecule has 0 radical (unpaired) electrons. The number of aliphatic hydroxyl groups excluding tert-OH is 8. The van der Waals surface area contributed by atoms with Crippen LogP contribution in [0.25, 0.3) is 0 Å². The van der Waals surface area contributed by atoms with Gasteiger partial charge in [0.1, 0.15) is 115 Å². The molecular weight excluding hydrogens is 1630 g/mol. The number of nitrogens with one attached hydrogen (secondary N) is 12. The molecule has 3 aliphatic heterocycles. The number of amides is 13. The first kappa shape index (κ1) is 107. The van der Waals surface area contributed by atoms with Crippen LogP contribution < -0.4 is 75.3 Å². The first-order valence-corrected chi connectivity index (χ1v) is 39.4. The standard InChI is InChI=1S/C73H122N14O35/c1-15-30(8)50(68(111)86-49(29(6)7)69(112)113)87-62(105)31(9)77-47(96)22-76-64(107)38(16-17-46(75)95)82-67(110)41(85-66(109)40(20-48(97)98)84-65(108)39(19-28(4)5)83-61(104)33(11)78-60(103)32(10)79-63(106)37(74)18-27(2)3)25-116-70-52(81-35(13)91)59(121-71-56(102)55(101)54(100)44(24-89)119-71)57(118-36(14)92)45(120-70)26-117-73(72(114)115)21-42(93)51(80-34(12)90)58(122-73)53(99)43(94)23-88/h27-33,37-45,49-59,70-71,88-89,93-94,99-102H,15-26,74H2,1-14H3,(H2,75,95)(H,76,107)(H,77,96)(H,78,103)(H,79,106)(H,80,90)(H,81,91)(H,82,110)(H,83,104)(H,84,108)(H,85,109)(H,86,111)(H,87,105)(H,97,98)(H,112,113)(H,114,115)/t30-,31-,32-,33-,37-,38-,39-,40-,41-,42-,43+,44+,45+,49-,50-,51+,52+,53+,54-,55-,56+,57-,58+,59+,70-,71-,73+/m0/s1. The van der Waals surface area contributed by atoms with Gasteiger partial charge in [-0.3, -0.25) is 71.9 Å². The summed E-state index contributed by atoms with van der Waals surface area (Å²) in [7, 11) is 0. The Balaban J connectivity index is 2.34. The molecule has 0 aliphatic carbocycles. The van der Waals surface area contributed by atoms with E-state index in [1.807, 2.05) is 13.8 Å². The van der Waals surface area contributed by atoms with Gasteiger partial charge in [-0.2, -0.15) is 0 Å². The Kier molecular flexibility index (Phi) is 43.3. The van der Waals surface area contributed by atoms with Gasteiger partial charge in [0.15, 0.2) is 18.7 Å². The molecule has 49 heteroatoms. The van der Waals surface area contributed by atoms with E-state index < -0.39 is 335 Å². The molecule has 0 bridgehead atoms. The molecule has 0 aromatic heterocycles. The number of primary amides is 1. The molecule has 694 valence electrons. The Morgan fingerprint density at radius 3 is 1.60 bits per heavy atom. The van der Waals surface area contributed by atoms with E-state index in [2.05, 4.69) is 63.8 Å². The van der Waals surface area contributed by atoms with Crippen molar-refractivity contribution in [3.05, 3.63) is 0 Å². The second-order valence-corrected chi connectivity index (χ2v) is 31.3. The van der Waals surface area contributed by atoms with Crippen molar-refractivity contribution in [1.82, 2.24) is 63.8 Å². The molecule has 0 unspecified atom stereocenters. The highest BCUT2D eigenvalue weighted by Gasteiger charge is 2.59. The molecule has 3 heterocycles. The molecule has 27 atom stereocenters. The van der Waals surface area contributed by atoms with E-state index in [1.165, 1.54) is 34.6 Å². The first-order chi connectivity index (χ1) is 56.7. The zero-order valence-electron chi connectivity index (χ0n) is 70.1. The molecule has 49 nitrogen and oxygen atoms in total. The third-order valence-electron chi connectivity index (χ3n) is 19.6. The second kappa shape index (κ2) is 49.6. The summed E-state index contributed by atoms with van der Waals surface area (Å²) in [5.74, 6) is -26.1. The predicted octanol–water partition coefficient (Wildman–Crippen LogP) is -11.0. The van der Waals surface area contributed by atoms with Crippen LogP contribution in [-0.2, 0) is 115 Å². The average molecular weight is 1760 g/mol. The number of carbonyl (C=O) groups excluding carboxylic acids is 14. The molecule has 13 amide bonds. The van der Waals surface area contributed by atoms with Gasteiger partial charge in [-0.05, 0) is 63.7 Å². The van der Waals surface area contributed by atoms with Crippen LogP contribution in [0.5, 0.6) is 0 Å². The van der Waals surface area contributed by atoms with Crippen LogP contribution in [0.4, 0.5) is 0 Å². The fourth-order valence-corrected chi connectivity index (χ4v) is 12.8. The molecule has 3 fully saturated rings. The normalized spacial score (nSPS) is 25.9. The number of hydrogen-bond donors (Lipinski definition) is 25. The zero-order chi connectivity index (χ0) is 93.0. The molecule has 3 saturated heterocycles. The van der Waals surface area contributed by atoms with Crippen LogP contribution in [0.2, 0.25) is 0 Å². The predicted molar refractivity (Wildman–Crippen MR) is 412 cm³/mol. The van der Waals surface area contributed by atoms with Crippen molar-refractivity contribution in [2.45, 2.75) is 300 Å². The lowest BCUT2D eigenvalue weighted by molar-refractivity contribution is -0.355. The van der Waals surface area contributed by atoms with Crippen molar-refractivity contribution in [3.8, 4) is 0 Å². The zero-order valence-corrected chi connectivity index (χ0v) is 70.1. The van der Waals surface area contributed by atoms with Crippen LogP contribution in [0.15, 0.2) is 0 Å². The number of nitrogens with two attached hydrogens (primary N) is 2. The van der Waals surface area contributed by atoms with E-state index in [-0.39, 0.29) is 25.2 Å². The summed E-state index contributed by atoms with van der Waals surface area (Å²) < 4.78 is 41.6. The number of ether oxygens (including phenoxy) is 7. The van der Waals surface area contributed by atoms with Gasteiger partial charge < -0.3 is 165 Å². The number of esters is 1. The number of aliphatic hydroxyl groups is 8. The van der Waals surface area contributed by atoms with Gasteiger partial charge >= 0.3 is 23.9 Å². The lowest BCUT2D eigenvalue weighted by atomic mass is 9.88. The summed E-state index contributed by atoms with van der Waals surface area (Å²) >= 11 is 0. The molecule has 0 saturated carbocycles. The van der Waals surface area contributed by atoms with Gasteiger partial charge in [0, 0.05) is 33.6 Å². The fraction of sp³-hybridized carbons (Fsp3) is 0.767. The van der Waals surface area contributed by atoms with E-state index in [9.17, 15) is 133 Å². The number of hydrogen-bond acceptors (Lipinski definition) is 33. The van der Waals surface area contributed by atoms with Crippen molar-refractivity contribution in [1.29, 1.82) is 0 Å². The van der Waals surface area contributed by atoms with Gasteiger partial charge in [0.05, 0.1) is 57.6 Å². The maximum Gasteiger partial charge on any atom is 0.364 e. The molecule has 27 N–H and O–H groups in total. The van der Waals surface area contributed by atoms with E-state index in [4.69, 9.17) is 44.6 Å². The summed E-state index contributed by atoms with van der Waals surface area (Å²) in [6.07, 6.45) is -32.6. The van der Waals surface area contributed by atoms with Crippen molar-refractivity contribution in [2.24, 2.45) is 35.1 Å². The van der Waals surface area contributed by atoms with Crippen LogP contribution in [0.1, 0.15) is 142 Å². The highest BCUT2D eigenvalue weighted by molar-refractivity contribution is 5.99. The third-order valence-corrected chi connectivity index (χ3v) is 19.6. The van der Waals surface area contributed by atoms with Gasteiger partial charge in [-0.15, -0.1) is 0 Å². The molecule has 122 heavy (non-hydrogen) atoms. The Hall–Kier alpha value is -9.61. The van der Waals surface area contributed by atoms with Crippen LogP contribution >= 0.6 is 0 Å². The minimum absolute atomic E-state index is 0.00151. The average Bonchev–Trinajstić information content (AvgIpc) is 0.754. The van der Waals surface area contributed by atoms with Crippen molar-refractivity contribution in [2.75, 3.05) is 33.0 Å². The first-order valence-electron chi connectivity index (χ1n) is 39.4. The highest BCUT2D eigenvalue weighted by atomic mass is 16.8. The second-order valence-electron chi connectivity index (χ2n) is 31.3. The summed E-state index contributed by atoms with van der Waals surface area (Å²) in [5, 5.41) is 145. The Morgan fingerprint density at radius 2 is 1.07 bits per heavy atom. The van der Waals surface area contributed by atoms with Crippen molar-refractivity contribution in [3.63, 3.8) is 0 Å². The molecule has 3 rings (SSSR count). The van der Waals surface area contributed by atoms with Crippen LogP contribution in [0.3, 0.4) is 0 Å². The van der Waals surface area contributed by atoms with E-state index in [0.29, 0.717) is 0 Å². The topological polar surface area (TPSA) is 774 Å². The summed E-state index contributed by atoms with van der Waals surface area (Å²) in [5.41, 5.74) is 11.5. The van der Waals surface area contributed by atoms with Gasteiger partial charge in [-0.1, -0.05) is 61.8 Å². The SMILES string of the molecule is CC[C@H](C)[C@H](NC(=O)[C@H](C)NC(=O)CNC(=O)[C@H](CCC(N)=O)NC(=O)[C@H](CO[C@H]1O[C@H](CO[C@]2(C(=O)O)C[C@H](O)[C@@H](NC(C)=O)[C@H]([C@H](O)[C@H](O)CO)O2)[C@H](OC(C)=O)[C@H](O[C@@H]2O[C@H](CO)[C@H](O)[C@H](O)[C@H]2O)[C@H]1NC(C)=O)NC(=O)[C@H](CC(=O)O)NC(=O)[C@H](CC(C)C)NC(=O)[C@H](C)NC(=O)[C@H](C)NC(=O)[C@@H](N)CC(C)C)C(=O)N[C@H](C(=O)O)C(C)C. The third kappa shape index (κ3) is 32.6. The van der Waals surface area contributed by atoms with E-state index in [0.717, 1.165) is 20.8 Å². The van der Waals surface area contributed by atoms with Gasteiger partial charge in [-0.25, -0.2) is 9.59 Å². The smallest absolute Gasteiger partial charge is 0.364 e. The minimum Gasteiger partial charge on any atom is -0.481 e.